The molecule has 1 fully saturated rings. The largest absolute Gasteiger partial charge is 0.386 e. The summed E-state index contributed by atoms with van der Waals surface area (Å²) in [6, 6.07) is 4.26. The van der Waals surface area contributed by atoms with Crippen molar-refractivity contribution in [3.05, 3.63) is 53.8 Å². The lowest BCUT2D eigenvalue weighted by Gasteiger charge is -2.34. The van der Waals surface area contributed by atoms with Gasteiger partial charge in [-0.25, -0.2) is 0 Å². The summed E-state index contributed by atoms with van der Waals surface area (Å²) in [5.74, 6) is 0. The minimum Gasteiger partial charge on any atom is -0.386 e. The van der Waals surface area contributed by atoms with E-state index in [0.29, 0.717) is 0 Å². The first kappa shape index (κ1) is 16.3. The Morgan fingerprint density at radius 1 is 1.16 bits per heavy atom. The maximum absolute atomic E-state index is 4.43. The van der Waals surface area contributed by atoms with E-state index >= 15 is 0 Å². The van der Waals surface area contributed by atoms with Gasteiger partial charge in [-0.05, 0) is 29.1 Å². The van der Waals surface area contributed by atoms with E-state index in [0.717, 1.165) is 61.3 Å². The summed E-state index contributed by atoms with van der Waals surface area (Å²) in [6.07, 6.45) is 7.82. The molecule has 0 amide bonds. The summed E-state index contributed by atoms with van der Waals surface area (Å²) in [5.41, 5.74) is 5.52. The summed E-state index contributed by atoms with van der Waals surface area (Å²) < 4.78 is 0. The predicted molar refractivity (Wildman–Crippen MR) is 104 cm³/mol. The Kier molecular flexibility index (Phi) is 4.81. The molecule has 3 N–H and O–H groups in total. The van der Waals surface area contributed by atoms with Crippen molar-refractivity contribution < 1.29 is 0 Å². The Bertz CT molecular complexity index is 825. The van der Waals surface area contributed by atoms with Crippen LogP contribution >= 0.6 is 9.24 Å². The lowest BCUT2D eigenvalue weighted by Crippen LogP contribution is -2.45. The highest BCUT2D eigenvalue weighted by Crippen LogP contribution is 2.17. The van der Waals surface area contributed by atoms with Crippen LogP contribution in [0.25, 0.3) is 11.0 Å². The van der Waals surface area contributed by atoms with E-state index in [1.807, 2.05) is 0 Å². The molecule has 25 heavy (non-hydrogen) atoms. The zero-order valence-corrected chi connectivity index (χ0v) is 15.3. The van der Waals surface area contributed by atoms with Gasteiger partial charge < -0.3 is 20.9 Å². The van der Waals surface area contributed by atoms with E-state index in [1.165, 1.54) is 11.3 Å². The SMILES string of the molecule is Pc1cc(CNC2=CNCC=C2N2CCNCC2)cc2nccnc12. The van der Waals surface area contributed by atoms with Gasteiger partial charge in [0, 0.05) is 57.9 Å². The highest BCUT2D eigenvalue weighted by atomic mass is 31.0. The van der Waals surface area contributed by atoms with Crippen LogP contribution in [0.3, 0.4) is 0 Å². The lowest BCUT2D eigenvalue weighted by atomic mass is 10.1. The summed E-state index contributed by atoms with van der Waals surface area (Å²) >= 11 is 0. The third-order valence-electron chi connectivity index (χ3n) is 4.54. The molecule has 7 heteroatoms. The minimum absolute atomic E-state index is 0.755. The number of dihydropyridines is 1. The number of nitrogens with one attached hydrogen (secondary N) is 3. The van der Waals surface area contributed by atoms with Crippen LogP contribution < -0.4 is 21.3 Å². The van der Waals surface area contributed by atoms with Crippen molar-refractivity contribution in [2.75, 3.05) is 32.7 Å². The lowest BCUT2D eigenvalue weighted by molar-refractivity contribution is 0.298. The fourth-order valence-electron chi connectivity index (χ4n) is 3.31. The Morgan fingerprint density at radius 2 is 2.00 bits per heavy atom. The second-order valence-corrected chi connectivity index (χ2v) is 6.88. The molecule has 4 rings (SSSR count). The number of aromatic nitrogens is 2. The number of benzene rings is 1. The van der Waals surface area contributed by atoms with Gasteiger partial charge in [0.15, 0.2) is 0 Å². The van der Waals surface area contributed by atoms with Gasteiger partial charge in [0.25, 0.3) is 0 Å². The van der Waals surface area contributed by atoms with Crippen LogP contribution in [-0.2, 0) is 6.54 Å². The first-order valence-corrected chi connectivity index (χ1v) is 9.22. The van der Waals surface area contributed by atoms with Crippen LogP contribution in [0.2, 0.25) is 0 Å². The molecular formula is C18H23N6P. The Morgan fingerprint density at radius 3 is 2.88 bits per heavy atom. The third-order valence-corrected chi connectivity index (χ3v) is 4.98. The molecule has 1 unspecified atom stereocenters. The molecule has 1 saturated heterocycles. The van der Waals surface area contributed by atoms with Crippen LogP contribution in [0.15, 0.2) is 48.2 Å². The van der Waals surface area contributed by atoms with Gasteiger partial charge in [-0.15, -0.1) is 9.24 Å². The molecule has 2 aliphatic heterocycles. The fraction of sp³-hybridized carbons (Fsp3) is 0.333. The Hall–Kier alpha value is -2.17. The highest BCUT2D eigenvalue weighted by molar-refractivity contribution is 7.28. The normalized spacial score (nSPS) is 17.7. The minimum atomic E-state index is 0.755. The number of hydrogen-bond acceptors (Lipinski definition) is 6. The molecule has 130 valence electrons. The maximum atomic E-state index is 4.43. The average molecular weight is 354 g/mol. The van der Waals surface area contributed by atoms with E-state index in [2.05, 4.69) is 64.5 Å². The topological polar surface area (TPSA) is 65.1 Å². The van der Waals surface area contributed by atoms with Crippen LogP contribution in [0, 0.1) is 0 Å². The Labute approximate surface area is 150 Å². The summed E-state index contributed by atoms with van der Waals surface area (Å²) in [5, 5.41) is 11.4. The van der Waals surface area contributed by atoms with Crippen LogP contribution in [0.4, 0.5) is 0 Å². The summed E-state index contributed by atoms with van der Waals surface area (Å²) in [4.78, 5) is 11.3. The van der Waals surface area contributed by atoms with Crippen molar-refractivity contribution in [3.8, 4) is 0 Å². The first-order chi connectivity index (χ1) is 12.3. The molecule has 0 saturated carbocycles. The molecule has 2 aromatic rings. The quantitative estimate of drug-likeness (QED) is 0.693. The molecule has 1 atom stereocenters. The van der Waals surface area contributed by atoms with Crippen LogP contribution in [0.1, 0.15) is 5.56 Å². The predicted octanol–water partition coefficient (Wildman–Crippen LogP) is 0.454. The molecule has 0 spiro atoms. The van der Waals surface area contributed by atoms with E-state index in [1.54, 1.807) is 12.4 Å². The van der Waals surface area contributed by atoms with Gasteiger partial charge in [0.2, 0.25) is 0 Å². The van der Waals surface area contributed by atoms with Crippen LogP contribution in [-0.4, -0.2) is 47.6 Å². The van der Waals surface area contributed by atoms with Crippen molar-refractivity contribution in [1.82, 2.24) is 30.8 Å². The van der Waals surface area contributed by atoms with E-state index < -0.39 is 0 Å². The number of hydrogen-bond donors (Lipinski definition) is 3. The first-order valence-electron chi connectivity index (χ1n) is 8.64. The van der Waals surface area contributed by atoms with E-state index in [4.69, 9.17) is 0 Å². The molecule has 0 aliphatic carbocycles. The molecule has 1 aromatic heterocycles. The smallest absolute Gasteiger partial charge is 0.0958 e. The monoisotopic (exact) mass is 354 g/mol. The second-order valence-electron chi connectivity index (χ2n) is 6.26. The standard InChI is InChI=1S/C18H23N6P/c25-17-10-13(9-14-18(17)22-4-3-21-14)11-23-15-12-20-2-1-16(15)24-7-5-19-6-8-24/h1,3-4,9-10,12,19-20,23H,2,5-8,11,25H2. The third kappa shape index (κ3) is 3.60. The molecule has 6 nitrogen and oxygen atoms in total. The van der Waals surface area contributed by atoms with Crippen molar-refractivity contribution in [1.29, 1.82) is 0 Å². The van der Waals surface area contributed by atoms with Gasteiger partial charge in [-0.1, -0.05) is 0 Å². The number of nitrogens with zero attached hydrogens (tertiary/aromatic N) is 3. The average Bonchev–Trinajstić information content (AvgIpc) is 2.67. The molecular weight excluding hydrogens is 331 g/mol. The second kappa shape index (κ2) is 7.38. The van der Waals surface area contributed by atoms with Gasteiger partial charge in [0.1, 0.15) is 0 Å². The van der Waals surface area contributed by atoms with Gasteiger partial charge >= 0.3 is 0 Å². The van der Waals surface area contributed by atoms with Gasteiger partial charge in [0.05, 0.1) is 22.4 Å². The zero-order valence-electron chi connectivity index (χ0n) is 14.1. The van der Waals surface area contributed by atoms with Crippen LogP contribution in [0.5, 0.6) is 0 Å². The molecule has 2 aliphatic rings. The van der Waals surface area contributed by atoms with Crippen molar-refractivity contribution in [2.24, 2.45) is 0 Å². The summed E-state index contributed by atoms with van der Waals surface area (Å²) in [6.45, 7) is 5.81. The van der Waals surface area contributed by atoms with Crippen molar-refractivity contribution in [2.45, 2.75) is 6.54 Å². The molecule has 1 aromatic carbocycles. The van der Waals surface area contributed by atoms with Gasteiger partial charge in [-0.2, -0.15) is 0 Å². The number of piperazine rings is 1. The fourth-order valence-corrected chi connectivity index (χ4v) is 3.75. The Balaban J connectivity index is 1.50. The van der Waals surface area contributed by atoms with E-state index in [9.17, 15) is 0 Å². The molecule has 0 bridgehead atoms. The highest BCUT2D eigenvalue weighted by Gasteiger charge is 2.18. The molecule has 3 heterocycles. The zero-order chi connectivity index (χ0) is 17.1. The maximum Gasteiger partial charge on any atom is 0.0958 e. The number of rotatable bonds is 4. The summed E-state index contributed by atoms with van der Waals surface area (Å²) in [7, 11) is 2.76. The van der Waals surface area contributed by atoms with Crippen molar-refractivity contribution >= 4 is 25.6 Å². The molecule has 0 radical (unpaired) electrons. The number of fused-ring (bicyclic) bond motifs is 1. The van der Waals surface area contributed by atoms with E-state index in [-0.39, 0.29) is 0 Å². The van der Waals surface area contributed by atoms with Crippen molar-refractivity contribution in [3.63, 3.8) is 0 Å². The van der Waals surface area contributed by atoms with Gasteiger partial charge in [-0.3, -0.25) is 9.97 Å².